The molecule has 10 heteroatoms. The van der Waals surface area contributed by atoms with Gasteiger partial charge < -0.3 is 24.8 Å². The van der Waals surface area contributed by atoms with Crippen molar-refractivity contribution in [2.75, 3.05) is 59.3 Å². The fourth-order valence-electron chi connectivity index (χ4n) is 3.85. The molecule has 0 aromatic heterocycles. The first-order valence-corrected chi connectivity index (χ1v) is 13.0. The van der Waals surface area contributed by atoms with Crippen molar-refractivity contribution >= 4 is 23.6 Å². The molecule has 0 radical (unpaired) electrons. The van der Waals surface area contributed by atoms with Gasteiger partial charge in [-0.3, -0.25) is 24.1 Å². The molecule has 2 aliphatic rings. The van der Waals surface area contributed by atoms with Crippen molar-refractivity contribution in [2.24, 2.45) is 5.92 Å². The van der Waals surface area contributed by atoms with E-state index in [1.807, 2.05) is 0 Å². The highest BCUT2D eigenvalue weighted by molar-refractivity contribution is 6.13. The predicted molar refractivity (Wildman–Crippen MR) is 134 cm³/mol. The Hall–Kier alpha value is -2.56. The van der Waals surface area contributed by atoms with Gasteiger partial charge in [-0.05, 0) is 44.9 Å². The molecule has 36 heavy (non-hydrogen) atoms. The van der Waals surface area contributed by atoms with E-state index in [1.54, 1.807) is 0 Å². The largest absolute Gasteiger partial charge is 0.379 e. The molecule has 2 rings (SSSR count). The van der Waals surface area contributed by atoms with Crippen molar-refractivity contribution in [3.63, 3.8) is 0 Å². The molecule has 10 nitrogen and oxygen atoms in total. The van der Waals surface area contributed by atoms with Crippen molar-refractivity contribution in [3.05, 3.63) is 24.3 Å². The number of allylic oxidation sites excluding steroid dienone is 2. The molecule has 0 aromatic carbocycles. The third kappa shape index (κ3) is 12.9. The summed E-state index contributed by atoms with van der Waals surface area (Å²) in [6.07, 6.45) is 13.4. The van der Waals surface area contributed by atoms with Crippen molar-refractivity contribution < 1.29 is 33.4 Å². The summed E-state index contributed by atoms with van der Waals surface area (Å²) in [5.74, 6) is -0.667. The average Bonchev–Trinajstić information content (AvgIpc) is 3.16. The van der Waals surface area contributed by atoms with Crippen LogP contribution in [-0.2, 0) is 33.4 Å². The lowest BCUT2D eigenvalue weighted by Gasteiger charge is -2.17. The van der Waals surface area contributed by atoms with Gasteiger partial charge in [0.15, 0.2) is 0 Å². The number of carbonyl (C=O) groups excluding carboxylic acids is 4. The maximum atomic E-state index is 12.3. The number of imide groups is 1. The first-order chi connectivity index (χ1) is 17.6. The van der Waals surface area contributed by atoms with Crippen LogP contribution in [0.3, 0.4) is 0 Å². The van der Waals surface area contributed by atoms with Gasteiger partial charge in [0.25, 0.3) is 11.8 Å². The lowest BCUT2D eigenvalue weighted by atomic mass is 9.93. The summed E-state index contributed by atoms with van der Waals surface area (Å²) in [7, 11) is 0. The smallest absolute Gasteiger partial charge is 0.253 e. The molecule has 1 atom stereocenters. The molecule has 0 aromatic rings. The van der Waals surface area contributed by atoms with Crippen LogP contribution in [0.4, 0.5) is 0 Å². The van der Waals surface area contributed by atoms with E-state index in [0.29, 0.717) is 59.2 Å². The Morgan fingerprint density at radius 3 is 2.06 bits per heavy atom. The van der Waals surface area contributed by atoms with Crippen molar-refractivity contribution in [3.8, 4) is 0 Å². The zero-order valence-electron chi connectivity index (χ0n) is 21.2. The molecular weight excluding hydrogens is 466 g/mol. The maximum absolute atomic E-state index is 12.3. The molecule has 0 spiro atoms. The summed E-state index contributed by atoms with van der Waals surface area (Å²) in [6.45, 7) is 4.18. The van der Waals surface area contributed by atoms with Gasteiger partial charge >= 0.3 is 0 Å². The average molecular weight is 508 g/mol. The first-order valence-electron chi connectivity index (χ1n) is 13.0. The van der Waals surface area contributed by atoms with Crippen LogP contribution in [0.15, 0.2) is 24.3 Å². The molecular formula is C26H41N3O7. The van der Waals surface area contributed by atoms with E-state index < -0.39 is 0 Å². The quantitative estimate of drug-likeness (QED) is 0.164. The number of ether oxygens (including phenoxy) is 3. The lowest BCUT2D eigenvalue weighted by molar-refractivity contribution is -0.137. The highest BCUT2D eigenvalue weighted by Crippen LogP contribution is 2.18. The minimum absolute atomic E-state index is 0.0863. The van der Waals surface area contributed by atoms with Crippen LogP contribution < -0.4 is 10.6 Å². The normalized spacial score (nSPS) is 18.7. The molecule has 4 amide bonds. The third-order valence-corrected chi connectivity index (χ3v) is 5.90. The summed E-state index contributed by atoms with van der Waals surface area (Å²) in [5, 5.41) is 5.77. The number of nitrogens with one attached hydrogen (secondary N) is 2. The number of hydrogen-bond acceptors (Lipinski definition) is 7. The van der Waals surface area contributed by atoms with Crippen LogP contribution in [0, 0.1) is 5.92 Å². The van der Waals surface area contributed by atoms with Gasteiger partial charge in [0.1, 0.15) is 0 Å². The van der Waals surface area contributed by atoms with Gasteiger partial charge in [-0.1, -0.05) is 12.2 Å². The fraction of sp³-hybridized carbons (Fsp3) is 0.692. The van der Waals surface area contributed by atoms with Crippen molar-refractivity contribution in [2.45, 2.75) is 51.4 Å². The van der Waals surface area contributed by atoms with E-state index in [2.05, 4.69) is 22.8 Å². The SMILES string of the molecule is O=C(CCN1C(=O)C=CC1=O)NCCCOCCOCCOCCCNC(=O)C1CC/C=C\CCC1. The van der Waals surface area contributed by atoms with Gasteiger partial charge in [0.05, 0.1) is 26.4 Å². The second-order valence-corrected chi connectivity index (χ2v) is 8.77. The minimum atomic E-state index is -0.381. The van der Waals surface area contributed by atoms with E-state index in [-0.39, 0.29) is 42.5 Å². The number of amides is 4. The Morgan fingerprint density at radius 1 is 0.806 bits per heavy atom. The number of carbonyl (C=O) groups is 4. The molecule has 1 heterocycles. The summed E-state index contributed by atoms with van der Waals surface area (Å²) >= 11 is 0. The molecule has 1 unspecified atom stereocenters. The fourth-order valence-corrected chi connectivity index (χ4v) is 3.85. The Balaban J connectivity index is 1.29. The lowest BCUT2D eigenvalue weighted by Crippen LogP contribution is -2.35. The highest BCUT2D eigenvalue weighted by Gasteiger charge is 2.23. The Labute approximate surface area is 213 Å². The molecule has 0 saturated heterocycles. The Morgan fingerprint density at radius 2 is 1.39 bits per heavy atom. The van der Waals surface area contributed by atoms with Crippen molar-refractivity contribution in [1.29, 1.82) is 0 Å². The van der Waals surface area contributed by atoms with Gasteiger partial charge in [0.2, 0.25) is 11.8 Å². The summed E-state index contributed by atoms with van der Waals surface area (Å²) in [4.78, 5) is 47.9. The molecule has 1 aliphatic carbocycles. The van der Waals surface area contributed by atoms with Crippen LogP contribution in [-0.4, -0.2) is 87.8 Å². The van der Waals surface area contributed by atoms with Crippen LogP contribution in [0.2, 0.25) is 0 Å². The molecule has 2 N–H and O–H groups in total. The van der Waals surface area contributed by atoms with Gasteiger partial charge in [-0.25, -0.2) is 0 Å². The van der Waals surface area contributed by atoms with Crippen LogP contribution in [0.25, 0.3) is 0 Å². The predicted octanol–water partition coefficient (Wildman–Crippen LogP) is 1.50. The molecule has 202 valence electrons. The number of hydrogen-bond donors (Lipinski definition) is 2. The Kier molecular flexibility index (Phi) is 15.4. The first kappa shape index (κ1) is 29.7. The van der Waals surface area contributed by atoms with E-state index in [0.717, 1.165) is 43.4 Å². The standard InChI is InChI=1S/C26H41N3O7/c30-23(12-15-29-24(31)10-11-25(29)32)27-13-6-16-34-18-20-36-21-19-35-17-7-14-28-26(33)22-8-4-2-1-3-5-9-22/h1-2,10-11,22H,3-9,12-21H2,(H,27,30)(H,28,33)/b2-1-. The molecule has 1 aliphatic heterocycles. The van der Waals surface area contributed by atoms with Crippen LogP contribution in [0.1, 0.15) is 51.4 Å². The number of rotatable bonds is 18. The van der Waals surface area contributed by atoms with Crippen LogP contribution in [0.5, 0.6) is 0 Å². The van der Waals surface area contributed by atoms with E-state index in [1.165, 1.54) is 12.2 Å². The molecule has 0 fully saturated rings. The van der Waals surface area contributed by atoms with Gasteiger partial charge in [-0.15, -0.1) is 0 Å². The second-order valence-electron chi connectivity index (χ2n) is 8.77. The van der Waals surface area contributed by atoms with E-state index >= 15 is 0 Å². The van der Waals surface area contributed by atoms with Gasteiger partial charge in [0, 0.05) is 57.3 Å². The zero-order chi connectivity index (χ0) is 25.8. The van der Waals surface area contributed by atoms with Crippen LogP contribution >= 0.6 is 0 Å². The highest BCUT2D eigenvalue weighted by atomic mass is 16.5. The topological polar surface area (TPSA) is 123 Å². The molecule has 0 bridgehead atoms. The Bertz CT molecular complexity index is 736. The second kappa shape index (κ2) is 18.7. The van der Waals surface area contributed by atoms with E-state index in [9.17, 15) is 19.2 Å². The summed E-state index contributed by atoms with van der Waals surface area (Å²) < 4.78 is 16.5. The zero-order valence-corrected chi connectivity index (χ0v) is 21.2. The molecule has 0 saturated carbocycles. The minimum Gasteiger partial charge on any atom is -0.379 e. The monoisotopic (exact) mass is 507 g/mol. The van der Waals surface area contributed by atoms with Crippen molar-refractivity contribution in [1.82, 2.24) is 15.5 Å². The van der Waals surface area contributed by atoms with Gasteiger partial charge in [-0.2, -0.15) is 0 Å². The van der Waals surface area contributed by atoms with E-state index in [4.69, 9.17) is 14.2 Å². The summed E-state index contributed by atoms with van der Waals surface area (Å²) in [5.41, 5.74) is 0. The summed E-state index contributed by atoms with van der Waals surface area (Å²) in [6, 6.07) is 0. The maximum Gasteiger partial charge on any atom is 0.253 e. The third-order valence-electron chi connectivity index (χ3n) is 5.90. The number of nitrogens with zero attached hydrogens (tertiary/aromatic N) is 1.